The van der Waals surface area contributed by atoms with Crippen molar-refractivity contribution in [2.75, 3.05) is 13.2 Å². The molecule has 0 unspecified atom stereocenters. The number of nitrogens with one attached hydrogen (secondary N) is 1. The third-order valence-corrected chi connectivity index (χ3v) is 3.56. The average Bonchev–Trinajstić information content (AvgIpc) is 3.00. The van der Waals surface area contributed by atoms with Gasteiger partial charge in [0.2, 0.25) is 5.91 Å². The average molecular weight is 275 g/mol. The van der Waals surface area contributed by atoms with Gasteiger partial charge in [0.15, 0.2) is 5.78 Å². The summed E-state index contributed by atoms with van der Waals surface area (Å²) in [6.45, 7) is 0.535. The van der Waals surface area contributed by atoms with Gasteiger partial charge in [-0.15, -0.1) is 0 Å². The first-order valence-corrected chi connectivity index (χ1v) is 7.17. The van der Waals surface area contributed by atoms with Gasteiger partial charge in [-0.1, -0.05) is 43.2 Å². The van der Waals surface area contributed by atoms with Gasteiger partial charge in [-0.2, -0.15) is 0 Å². The summed E-state index contributed by atoms with van der Waals surface area (Å²) >= 11 is 0. The monoisotopic (exact) mass is 275 g/mol. The third-order valence-electron chi connectivity index (χ3n) is 3.56. The molecule has 108 valence electrons. The van der Waals surface area contributed by atoms with E-state index < -0.39 is 0 Å². The Morgan fingerprint density at radius 1 is 1.15 bits per heavy atom. The van der Waals surface area contributed by atoms with E-state index in [1.54, 1.807) is 0 Å². The molecule has 0 atom stereocenters. The SMILES string of the molecule is O=C(CNC(=O)C1CCCC1)COCc1ccccc1. The van der Waals surface area contributed by atoms with Crippen molar-refractivity contribution in [1.82, 2.24) is 5.32 Å². The van der Waals surface area contributed by atoms with E-state index in [1.165, 1.54) is 0 Å². The van der Waals surface area contributed by atoms with E-state index in [9.17, 15) is 9.59 Å². The number of amides is 1. The summed E-state index contributed by atoms with van der Waals surface area (Å²) in [7, 11) is 0. The van der Waals surface area contributed by atoms with Gasteiger partial charge < -0.3 is 10.1 Å². The van der Waals surface area contributed by atoms with Crippen molar-refractivity contribution >= 4 is 11.7 Å². The van der Waals surface area contributed by atoms with E-state index >= 15 is 0 Å². The van der Waals surface area contributed by atoms with Gasteiger partial charge in [-0.05, 0) is 18.4 Å². The first kappa shape index (κ1) is 14.7. The highest BCUT2D eigenvalue weighted by Gasteiger charge is 2.22. The second-order valence-electron chi connectivity index (χ2n) is 5.22. The number of Topliss-reactive ketones (excluding diaryl/α,β-unsaturated/α-hetero) is 1. The standard InChI is InChI=1S/C16H21NO3/c18-15(10-17-16(19)14-8-4-5-9-14)12-20-11-13-6-2-1-3-7-13/h1-3,6-7,14H,4-5,8-12H2,(H,17,19). The van der Waals surface area contributed by atoms with E-state index in [-0.39, 0.29) is 30.8 Å². The van der Waals surface area contributed by atoms with Gasteiger partial charge in [-0.25, -0.2) is 0 Å². The molecule has 0 aliphatic heterocycles. The Hall–Kier alpha value is -1.68. The van der Waals surface area contributed by atoms with Crippen LogP contribution in [-0.2, 0) is 20.9 Å². The lowest BCUT2D eigenvalue weighted by atomic mass is 10.1. The number of ketones is 1. The molecule has 1 amide bonds. The number of carbonyl (C=O) groups is 2. The van der Waals surface area contributed by atoms with Gasteiger partial charge >= 0.3 is 0 Å². The molecule has 2 rings (SSSR count). The minimum absolute atomic E-state index is 0.0129. The molecule has 1 saturated carbocycles. The third kappa shape index (κ3) is 4.78. The molecule has 1 fully saturated rings. The smallest absolute Gasteiger partial charge is 0.223 e. The topological polar surface area (TPSA) is 55.4 Å². The van der Waals surface area contributed by atoms with Crippen LogP contribution in [0.5, 0.6) is 0 Å². The second kappa shape index (κ2) is 7.80. The predicted octanol–water partition coefficient (Wildman–Crippen LogP) is 2.08. The van der Waals surface area contributed by atoms with E-state index in [2.05, 4.69) is 5.32 Å². The molecular formula is C16H21NO3. The van der Waals surface area contributed by atoms with Crippen molar-refractivity contribution in [3.05, 3.63) is 35.9 Å². The van der Waals surface area contributed by atoms with Crippen molar-refractivity contribution in [3.8, 4) is 0 Å². The van der Waals surface area contributed by atoms with Crippen LogP contribution in [0, 0.1) is 5.92 Å². The highest BCUT2D eigenvalue weighted by atomic mass is 16.5. The number of carbonyl (C=O) groups excluding carboxylic acids is 2. The van der Waals surface area contributed by atoms with Crippen LogP contribution >= 0.6 is 0 Å². The zero-order valence-electron chi connectivity index (χ0n) is 11.6. The number of rotatable bonds is 7. The molecule has 1 aliphatic rings. The molecule has 0 radical (unpaired) electrons. The minimum atomic E-state index is -0.0905. The minimum Gasteiger partial charge on any atom is -0.369 e. The van der Waals surface area contributed by atoms with Gasteiger partial charge in [0.1, 0.15) is 6.61 Å². The number of benzene rings is 1. The lowest BCUT2D eigenvalue weighted by molar-refractivity contribution is -0.129. The highest BCUT2D eigenvalue weighted by Crippen LogP contribution is 2.24. The molecule has 0 spiro atoms. The molecule has 0 heterocycles. The maximum atomic E-state index is 11.7. The van der Waals surface area contributed by atoms with Gasteiger partial charge in [0.05, 0.1) is 13.2 Å². The second-order valence-corrected chi connectivity index (χ2v) is 5.22. The largest absolute Gasteiger partial charge is 0.369 e. The Balaban J connectivity index is 1.59. The van der Waals surface area contributed by atoms with Crippen molar-refractivity contribution in [1.29, 1.82) is 0 Å². The Bertz CT molecular complexity index is 438. The molecule has 0 aromatic heterocycles. The molecule has 1 aromatic carbocycles. The fourth-order valence-corrected chi connectivity index (χ4v) is 2.43. The van der Waals surface area contributed by atoms with Crippen LogP contribution in [0.3, 0.4) is 0 Å². The van der Waals surface area contributed by atoms with Crippen LogP contribution in [-0.4, -0.2) is 24.8 Å². The summed E-state index contributed by atoms with van der Waals surface area (Å²) in [5.74, 6) is 0.0271. The molecular weight excluding hydrogens is 254 g/mol. The first-order valence-electron chi connectivity index (χ1n) is 7.17. The molecule has 0 bridgehead atoms. The van der Waals surface area contributed by atoms with Crippen LogP contribution < -0.4 is 5.32 Å². The maximum Gasteiger partial charge on any atom is 0.223 e. The molecule has 0 saturated heterocycles. The summed E-state index contributed by atoms with van der Waals surface area (Å²) in [4.78, 5) is 23.4. The quantitative estimate of drug-likeness (QED) is 0.829. The van der Waals surface area contributed by atoms with Gasteiger partial charge in [-0.3, -0.25) is 9.59 Å². The lowest BCUT2D eigenvalue weighted by Crippen LogP contribution is -2.35. The van der Waals surface area contributed by atoms with Crippen molar-refractivity contribution < 1.29 is 14.3 Å². The van der Waals surface area contributed by atoms with Crippen LogP contribution in [0.25, 0.3) is 0 Å². The maximum absolute atomic E-state index is 11.7. The van der Waals surface area contributed by atoms with Crippen molar-refractivity contribution in [3.63, 3.8) is 0 Å². The van der Waals surface area contributed by atoms with Crippen molar-refractivity contribution in [2.24, 2.45) is 5.92 Å². The lowest BCUT2D eigenvalue weighted by Gasteiger charge is -2.09. The van der Waals surface area contributed by atoms with E-state index in [4.69, 9.17) is 4.74 Å². The number of ether oxygens (including phenoxy) is 1. The molecule has 1 aromatic rings. The number of hydrogen-bond donors (Lipinski definition) is 1. The van der Waals surface area contributed by atoms with Crippen LogP contribution in [0.1, 0.15) is 31.2 Å². The highest BCUT2D eigenvalue weighted by molar-refractivity contribution is 5.87. The normalized spacial score (nSPS) is 15.2. The summed E-state index contributed by atoms with van der Waals surface area (Å²) in [5, 5.41) is 2.70. The molecule has 1 aliphatic carbocycles. The van der Waals surface area contributed by atoms with E-state index in [1.807, 2.05) is 30.3 Å². The Kier molecular flexibility index (Phi) is 5.74. The van der Waals surface area contributed by atoms with E-state index in [0.717, 1.165) is 31.2 Å². The molecule has 4 nitrogen and oxygen atoms in total. The fourth-order valence-electron chi connectivity index (χ4n) is 2.43. The Labute approximate surface area is 119 Å². The van der Waals surface area contributed by atoms with Crippen molar-refractivity contribution in [2.45, 2.75) is 32.3 Å². The number of hydrogen-bond acceptors (Lipinski definition) is 3. The van der Waals surface area contributed by atoms with Crippen LogP contribution in [0.15, 0.2) is 30.3 Å². The Morgan fingerprint density at radius 2 is 1.85 bits per heavy atom. The molecule has 20 heavy (non-hydrogen) atoms. The summed E-state index contributed by atoms with van der Waals surface area (Å²) < 4.78 is 5.34. The van der Waals surface area contributed by atoms with Gasteiger partial charge in [0.25, 0.3) is 0 Å². The molecule has 1 N–H and O–H groups in total. The van der Waals surface area contributed by atoms with Gasteiger partial charge in [0, 0.05) is 5.92 Å². The summed E-state index contributed by atoms with van der Waals surface area (Å²) in [6, 6.07) is 9.70. The Morgan fingerprint density at radius 3 is 2.55 bits per heavy atom. The van der Waals surface area contributed by atoms with E-state index in [0.29, 0.717) is 6.61 Å². The zero-order valence-corrected chi connectivity index (χ0v) is 11.6. The zero-order chi connectivity index (χ0) is 14.2. The fraction of sp³-hybridized carbons (Fsp3) is 0.500. The first-order chi connectivity index (χ1) is 9.75. The van der Waals surface area contributed by atoms with Crippen LogP contribution in [0.2, 0.25) is 0 Å². The van der Waals surface area contributed by atoms with Crippen LogP contribution in [0.4, 0.5) is 0 Å². The summed E-state index contributed by atoms with van der Waals surface area (Å²) in [5.41, 5.74) is 1.04. The predicted molar refractivity (Wildman–Crippen MR) is 76.1 cm³/mol. The molecule has 4 heteroatoms. The summed E-state index contributed by atoms with van der Waals surface area (Å²) in [6.07, 6.45) is 4.13.